The van der Waals surface area contributed by atoms with Gasteiger partial charge in [0.25, 0.3) is 0 Å². The van der Waals surface area contributed by atoms with Crippen molar-refractivity contribution in [3.05, 3.63) is 33.8 Å². The molecule has 0 radical (unpaired) electrons. The minimum Gasteiger partial charge on any atom is -0.481 e. The maximum Gasteiger partial charge on any atom is 0.215 e. The number of hydrogen-bond acceptors (Lipinski definition) is 3. The third-order valence-electron chi connectivity index (χ3n) is 1.86. The average Bonchev–Trinajstić information content (AvgIpc) is 2.29. The monoisotopic (exact) mass is 216 g/mol. The van der Waals surface area contributed by atoms with Crippen LogP contribution in [0.2, 0.25) is 0 Å². The summed E-state index contributed by atoms with van der Waals surface area (Å²) in [7, 11) is 1.58. The predicted molar refractivity (Wildman–Crippen MR) is 61.0 cm³/mol. The lowest BCUT2D eigenvalue weighted by molar-refractivity contribution is 0.394. The zero-order chi connectivity index (χ0) is 11.8. The van der Waals surface area contributed by atoms with Crippen LogP contribution in [0.4, 0.5) is 0 Å². The number of aromatic nitrogens is 1. The van der Waals surface area contributed by atoms with Gasteiger partial charge in [-0.3, -0.25) is 0 Å². The zero-order valence-corrected chi connectivity index (χ0v) is 9.27. The lowest BCUT2D eigenvalue weighted by Gasteiger charge is -2.01. The Morgan fingerprint density at radius 1 is 1.62 bits per heavy atom. The van der Waals surface area contributed by atoms with Gasteiger partial charge < -0.3 is 4.74 Å². The van der Waals surface area contributed by atoms with Crippen molar-refractivity contribution in [1.29, 1.82) is 0 Å². The summed E-state index contributed by atoms with van der Waals surface area (Å²) in [6, 6.07) is 1.91. The Bertz CT molecular complexity index is 467. The molecule has 0 aromatic carbocycles. The van der Waals surface area contributed by atoms with Crippen LogP contribution in [0.25, 0.3) is 10.4 Å². The molecule has 0 bridgehead atoms. The van der Waals surface area contributed by atoms with Gasteiger partial charge in [-0.2, -0.15) is 0 Å². The van der Waals surface area contributed by atoms with Gasteiger partial charge in [0, 0.05) is 35.2 Å². The van der Waals surface area contributed by atoms with Crippen LogP contribution >= 0.6 is 0 Å². The molecule has 0 saturated heterocycles. The first-order valence-electron chi connectivity index (χ1n) is 4.78. The molecule has 1 aromatic heterocycles. The van der Waals surface area contributed by atoms with Crippen LogP contribution in [0.15, 0.2) is 17.4 Å². The minimum atomic E-state index is 0.395. The molecule has 1 heterocycles. The molecule has 1 rings (SSSR count). The molecule has 5 heteroatoms. The molecule has 0 aliphatic rings. The highest BCUT2D eigenvalue weighted by molar-refractivity contribution is 5.38. The van der Waals surface area contributed by atoms with Crippen LogP contribution in [0.5, 0.6) is 5.88 Å². The van der Waals surface area contributed by atoms with E-state index in [2.05, 4.69) is 26.9 Å². The number of rotatable bonds is 3. The molecule has 16 heavy (non-hydrogen) atoms. The van der Waals surface area contributed by atoms with E-state index >= 15 is 0 Å². The van der Waals surface area contributed by atoms with Crippen LogP contribution in [-0.2, 0) is 0 Å². The summed E-state index contributed by atoms with van der Waals surface area (Å²) in [5, 5.41) is 3.39. The number of pyridine rings is 1. The van der Waals surface area contributed by atoms with E-state index in [1.54, 1.807) is 13.3 Å². The Labute approximate surface area is 94.1 Å². The predicted octanol–water partition coefficient (Wildman–Crippen LogP) is 2.45. The molecule has 0 saturated carbocycles. The van der Waals surface area contributed by atoms with Gasteiger partial charge >= 0.3 is 0 Å². The average molecular weight is 216 g/mol. The number of aryl methyl sites for hydroxylation is 1. The van der Waals surface area contributed by atoms with E-state index < -0.39 is 0 Å². The third-order valence-corrected chi connectivity index (χ3v) is 1.86. The van der Waals surface area contributed by atoms with Crippen molar-refractivity contribution in [1.82, 2.24) is 4.98 Å². The summed E-state index contributed by atoms with van der Waals surface area (Å²) in [6.07, 6.45) is 2.21. The van der Waals surface area contributed by atoms with Crippen LogP contribution in [-0.4, -0.2) is 18.6 Å². The van der Waals surface area contributed by atoms with Crippen molar-refractivity contribution in [3.63, 3.8) is 0 Å². The molecule has 0 N–H and O–H groups in total. The summed E-state index contributed by atoms with van der Waals surface area (Å²) >= 11 is 0. The molecule has 0 amide bonds. The van der Waals surface area contributed by atoms with Crippen molar-refractivity contribution < 1.29 is 4.74 Å². The molecule has 1 aromatic rings. The van der Waals surface area contributed by atoms with Crippen molar-refractivity contribution >= 4 is 0 Å². The van der Waals surface area contributed by atoms with Gasteiger partial charge in [0.1, 0.15) is 0 Å². The van der Waals surface area contributed by atoms with Crippen LogP contribution in [0, 0.1) is 18.8 Å². The standard InChI is InChI=1S/C11H12N4O/c1-9-7-10(8-13-11(9)16-2)5-3-4-6-14-15-12/h7-8H,4,6H2,1-2H3. The van der Waals surface area contributed by atoms with E-state index in [1.165, 1.54) is 0 Å². The quantitative estimate of drug-likeness (QED) is 0.256. The number of methoxy groups -OCH3 is 1. The zero-order valence-electron chi connectivity index (χ0n) is 9.27. The Morgan fingerprint density at radius 2 is 2.44 bits per heavy atom. The highest BCUT2D eigenvalue weighted by atomic mass is 16.5. The first kappa shape index (κ1) is 11.9. The number of nitrogens with zero attached hydrogens (tertiary/aromatic N) is 4. The van der Waals surface area contributed by atoms with Crippen LogP contribution in [0.1, 0.15) is 17.5 Å². The maximum atomic E-state index is 8.06. The van der Waals surface area contributed by atoms with Crippen molar-refractivity contribution in [2.45, 2.75) is 13.3 Å². The Morgan fingerprint density at radius 3 is 3.06 bits per heavy atom. The third kappa shape index (κ3) is 3.52. The summed E-state index contributed by atoms with van der Waals surface area (Å²) in [4.78, 5) is 6.75. The van der Waals surface area contributed by atoms with E-state index in [1.807, 2.05) is 13.0 Å². The molecule has 0 spiro atoms. The molecule has 0 aliphatic carbocycles. The summed E-state index contributed by atoms with van der Waals surface area (Å²) in [5.74, 6) is 6.46. The molecule has 0 unspecified atom stereocenters. The van der Waals surface area contributed by atoms with E-state index in [9.17, 15) is 0 Å². The fraction of sp³-hybridized carbons (Fsp3) is 0.364. The second-order valence-corrected chi connectivity index (χ2v) is 3.06. The van der Waals surface area contributed by atoms with Gasteiger partial charge in [0.05, 0.1) is 7.11 Å². The van der Waals surface area contributed by atoms with Crippen molar-refractivity contribution in [2.24, 2.45) is 5.11 Å². The molecule has 0 aliphatic heterocycles. The summed E-state index contributed by atoms with van der Waals surface area (Å²) in [5.41, 5.74) is 9.84. The van der Waals surface area contributed by atoms with Gasteiger partial charge in [-0.25, -0.2) is 4.98 Å². The lowest BCUT2D eigenvalue weighted by Crippen LogP contribution is -1.91. The fourth-order valence-corrected chi connectivity index (χ4v) is 1.16. The lowest BCUT2D eigenvalue weighted by atomic mass is 10.2. The Hall–Kier alpha value is -2.18. The highest BCUT2D eigenvalue weighted by Gasteiger charge is 1.98. The van der Waals surface area contributed by atoms with Gasteiger partial charge in [0.2, 0.25) is 5.88 Å². The molecular formula is C11H12N4O. The SMILES string of the molecule is COc1ncc(C#CCCN=[N+]=[N-])cc1C. The number of ether oxygens (including phenoxy) is 1. The maximum absolute atomic E-state index is 8.06. The Balaban J connectivity index is 2.67. The van der Waals surface area contributed by atoms with Gasteiger partial charge in [0.15, 0.2) is 0 Å². The molecule has 82 valence electrons. The largest absolute Gasteiger partial charge is 0.481 e. The fourth-order valence-electron chi connectivity index (χ4n) is 1.16. The van der Waals surface area contributed by atoms with Gasteiger partial charge in [-0.05, 0) is 18.5 Å². The molecular weight excluding hydrogens is 204 g/mol. The molecule has 0 fully saturated rings. The molecule has 5 nitrogen and oxygen atoms in total. The van der Waals surface area contributed by atoms with Crippen molar-refractivity contribution in [2.75, 3.05) is 13.7 Å². The van der Waals surface area contributed by atoms with Gasteiger partial charge in [-0.15, -0.1) is 0 Å². The number of azide groups is 1. The minimum absolute atomic E-state index is 0.395. The normalized spacial score (nSPS) is 8.62. The second kappa shape index (κ2) is 6.33. The number of hydrogen-bond donors (Lipinski definition) is 0. The highest BCUT2D eigenvalue weighted by Crippen LogP contribution is 2.13. The molecule has 0 atom stereocenters. The van der Waals surface area contributed by atoms with E-state index in [-0.39, 0.29) is 0 Å². The van der Waals surface area contributed by atoms with E-state index in [0.29, 0.717) is 18.8 Å². The van der Waals surface area contributed by atoms with Crippen molar-refractivity contribution in [3.8, 4) is 17.7 Å². The first-order valence-corrected chi connectivity index (χ1v) is 4.78. The summed E-state index contributed by atoms with van der Waals surface area (Å²) < 4.78 is 5.04. The van der Waals surface area contributed by atoms with E-state index in [0.717, 1.165) is 11.1 Å². The van der Waals surface area contributed by atoms with Crippen LogP contribution in [0.3, 0.4) is 0 Å². The van der Waals surface area contributed by atoms with E-state index in [4.69, 9.17) is 10.3 Å². The summed E-state index contributed by atoms with van der Waals surface area (Å²) in [6.45, 7) is 2.31. The van der Waals surface area contributed by atoms with Crippen LogP contribution < -0.4 is 4.74 Å². The topological polar surface area (TPSA) is 70.9 Å². The first-order chi connectivity index (χ1) is 7.77. The smallest absolute Gasteiger partial charge is 0.215 e. The van der Waals surface area contributed by atoms with Gasteiger partial charge in [-0.1, -0.05) is 17.0 Å². The second-order valence-electron chi connectivity index (χ2n) is 3.06. The Kier molecular flexibility index (Phi) is 4.71.